The van der Waals surface area contributed by atoms with Gasteiger partial charge >= 0.3 is 0 Å². The van der Waals surface area contributed by atoms with E-state index in [1.54, 1.807) is 6.20 Å². The van der Waals surface area contributed by atoms with Gasteiger partial charge in [0.15, 0.2) is 0 Å². The van der Waals surface area contributed by atoms with Crippen LogP contribution >= 0.6 is 0 Å². The number of hydrogen-bond acceptors (Lipinski definition) is 4. The molecule has 0 bridgehead atoms. The Hall–Kier alpha value is -2.27. The predicted octanol–water partition coefficient (Wildman–Crippen LogP) is 2.16. The van der Waals surface area contributed by atoms with Crippen LogP contribution in [-0.2, 0) is 17.9 Å². The molecule has 0 spiro atoms. The van der Waals surface area contributed by atoms with Gasteiger partial charge in [-0.2, -0.15) is 0 Å². The number of likely N-dealkylation sites (tertiary alicyclic amines) is 2. The van der Waals surface area contributed by atoms with Crippen molar-refractivity contribution in [2.24, 2.45) is 0 Å². The number of hydrogen-bond donors (Lipinski definition) is 0. The zero-order chi connectivity index (χ0) is 16.5. The highest BCUT2D eigenvalue weighted by molar-refractivity contribution is 5.80. The summed E-state index contributed by atoms with van der Waals surface area (Å²) >= 11 is 0. The molecule has 2 aliphatic rings. The third-order valence-corrected chi connectivity index (χ3v) is 5.12. The minimum atomic E-state index is 0.254. The Morgan fingerprint density at radius 3 is 2.88 bits per heavy atom. The van der Waals surface area contributed by atoms with Crippen LogP contribution in [0.2, 0.25) is 0 Å². The molecule has 0 N–H and O–H groups in total. The Morgan fingerprint density at radius 2 is 2.08 bits per heavy atom. The van der Waals surface area contributed by atoms with Gasteiger partial charge in [0.2, 0.25) is 5.91 Å². The highest BCUT2D eigenvalue weighted by atomic mass is 16.2. The van der Waals surface area contributed by atoms with Gasteiger partial charge in [0.1, 0.15) is 0 Å². The molecule has 24 heavy (non-hydrogen) atoms. The van der Waals surface area contributed by atoms with E-state index in [0.717, 1.165) is 30.9 Å². The maximum Gasteiger partial charge on any atom is 0.224 e. The van der Waals surface area contributed by atoms with E-state index in [-0.39, 0.29) is 5.91 Å². The third-order valence-electron chi connectivity index (χ3n) is 5.12. The SMILES string of the molecule is Cc1cccc(CN2C(=O)C[C@@H]3[C@@H]2CCN3Cc2cccnc2)n1. The van der Waals surface area contributed by atoms with Crippen LogP contribution in [-0.4, -0.2) is 44.3 Å². The first kappa shape index (κ1) is 15.3. The van der Waals surface area contributed by atoms with Crippen LogP contribution < -0.4 is 0 Å². The fraction of sp³-hybridized carbons (Fsp3) is 0.421. The molecule has 2 fully saturated rings. The van der Waals surface area contributed by atoms with Gasteiger partial charge in [0, 0.05) is 49.7 Å². The lowest BCUT2D eigenvalue weighted by atomic mass is 10.1. The summed E-state index contributed by atoms with van der Waals surface area (Å²) in [4.78, 5) is 25.8. The summed E-state index contributed by atoms with van der Waals surface area (Å²) in [5, 5.41) is 0. The van der Waals surface area contributed by atoms with Gasteiger partial charge < -0.3 is 4.90 Å². The molecule has 5 heteroatoms. The fourth-order valence-corrected chi connectivity index (χ4v) is 4.00. The lowest BCUT2D eigenvalue weighted by Crippen LogP contribution is -2.36. The summed E-state index contributed by atoms with van der Waals surface area (Å²) in [5.74, 6) is 0.254. The first-order valence-corrected chi connectivity index (χ1v) is 8.55. The van der Waals surface area contributed by atoms with E-state index in [1.807, 2.05) is 42.3 Å². The van der Waals surface area contributed by atoms with Crippen molar-refractivity contribution in [3.05, 3.63) is 59.7 Å². The van der Waals surface area contributed by atoms with Crippen LogP contribution in [0.25, 0.3) is 0 Å². The number of carbonyl (C=O) groups is 1. The topological polar surface area (TPSA) is 49.3 Å². The summed E-state index contributed by atoms with van der Waals surface area (Å²) in [6.07, 6.45) is 5.38. The number of aryl methyl sites for hydroxylation is 1. The minimum Gasteiger partial charge on any atom is -0.332 e. The molecule has 1 amide bonds. The van der Waals surface area contributed by atoms with Crippen LogP contribution in [0.1, 0.15) is 29.8 Å². The van der Waals surface area contributed by atoms with E-state index >= 15 is 0 Å². The molecule has 2 atom stereocenters. The van der Waals surface area contributed by atoms with Crippen molar-refractivity contribution in [3.63, 3.8) is 0 Å². The summed E-state index contributed by atoms with van der Waals surface area (Å²) in [7, 11) is 0. The average Bonchev–Trinajstić information content (AvgIpc) is 3.09. The number of pyridine rings is 2. The summed E-state index contributed by atoms with van der Waals surface area (Å²) in [6.45, 7) is 4.53. The molecule has 0 radical (unpaired) electrons. The summed E-state index contributed by atoms with van der Waals surface area (Å²) in [6, 6.07) is 10.7. The zero-order valence-corrected chi connectivity index (χ0v) is 13.9. The largest absolute Gasteiger partial charge is 0.332 e. The first-order chi connectivity index (χ1) is 11.7. The van der Waals surface area contributed by atoms with Crippen LogP contribution in [0.5, 0.6) is 0 Å². The van der Waals surface area contributed by atoms with Gasteiger partial charge in [-0.15, -0.1) is 0 Å². The second-order valence-electron chi connectivity index (χ2n) is 6.75. The molecule has 0 saturated carbocycles. The van der Waals surface area contributed by atoms with Gasteiger partial charge in [-0.1, -0.05) is 12.1 Å². The first-order valence-electron chi connectivity index (χ1n) is 8.55. The quantitative estimate of drug-likeness (QED) is 0.865. The highest BCUT2D eigenvalue weighted by Crippen LogP contribution is 2.34. The second kappa shape index (κ2) is 6.32. The molecule has 2 aromatic heterocycles. The van der Waals surface area contributed by atoms with Crippen LogP contribution in [0.4, 0.5) is 0 Å². The second-order valence-corrected chi connectivity index (χ2v) is 6.75. The van der Waals surface area contributed by atoms with E-state index in [0.29, 0.717) is 25.0 Å². The monoisotopic (exact) mass is 322 g/mol. The van der Waals surface area contributed by atoms with Gasteiger partial charge in [-0.05, 0) is 37.1 Å². The van der Waals surface area contributed by atoms with Crippen LogP contribution in [0, 0.1) is 6.92 Å². The van der Waals surface area contributed by atoms with Crippen molar-refractivity contribution in [2.75, 3.05) is 6.54 Å². The third kappa shape index (κ3) is 2.91. The van der Waals surface area contributed by atoms with Gasteiger partial charge in [-0.3, -0.25) is 19.7 Å². The highest BCUT2D eigenvalue weighted by Gasteiger charge is 2.46. The zero-order valence-electron chi connectivity index (χ0n) is 13.9. The Bertz CT molecular complexity index is 733. The number of carbonyl (C=O) groups excluding carboxylic acids is 1. The number of fused-ring (bicyclic) bond motifs is 1. The molecule has 2 aliphatic heterocycles. The maximum absolute atomic E-state index is 12.5. The van der Waals surface area contributed by atoms with E-state index in [1.165, 1.54) is 5.56 Å². The summed E-state index contributed by atoms with van der Waals surface area (Å²) in [5.41, 5.74) is 3.19. The van der Waals surface area contributed by atoms with Crippen molar-refractivity contribution in [3.8, 4) is 0 Å². The smallest absolute Gasteiger partial charge is 0.224 e. The van der Waals surface area contributed by atoms with Crippen LogP contribution in [0.3, 0.4) is 0 Å². The molecule has 4 rings (SSSR count). The average molecular weight is 322 g/mol. The van der Waals surface area contributed by atoms with Gasteiger partial charge in [0.05, 0.1) is 12.2 Å². The normalized spacial score (nSPS) is 23.7. The number of nitrogens with zero attached hydrogens (tertiary/aromatic N) is 4. The molecule has 124 valence electrons. The van der Waals surface area contributed by atoms with Gasteiger partial charge in [0.25, 0.3) is 0 Å². The van der Waals surface area contributed by atoms with E-state index in [2.05, 4.69) is 20.9 Å². The maximum atomic E-state index is 12.5. The van der Waals surface area contributed by atoms with E-state index in [4.69, 9.17) is 0 Å². The van der Waals surface area contributed by atoms with Crippen LogP contribution in [0.15, 0.2) is 42.7 Å². The standard InChI is InChI=1S/C19H22N4O/c1-14-4-2-6-16(21-14)13-23-17-7-9-22(18(17)10-19(23)24)12-15-5-3-8-20-11-15/h2-6,8,11,17-18H,7,9-10,12-13H2,1H3/t17-,18+/m0/s1. The van der Waals surface area contributed by atoms with E-state index in [9.17, 15) is 4.79 Å². The Labute approximate surface area is 142 Å². The number of aromatic nitrogens is 2. The van der Waals surface area contributed by atoms with E-state index < -0.39 is 0 Å². The molecule has 2 aromatic rings. The fourth-order valence-electron chi connectivity index (χ4n) is 4.00. The molecule has 0 aliphatic carbocycles. The minimum absolute atomic E-state index is 0.254. The van der Waals surface area contributed by atoms with Crippen molar-refractivity contribution < 1.29 is 4.79 Å². The molecular formula is C19H22N4O. The molecule has 4 heterocycles. The van der Waals surface area contributed by atoms with Crippen molar-refractivity contribution >= 4 is 5.91 Å². The number of rotatable bonds is 4. The Kier molecular flexibility index (Phi) is 4.02. The lowest BCUT2D eigenvalue weighted by Gasteiger charge is -2.25. The summed E-state index contributed by atoms with van der Waals surface area (Å²) < 4.78 is 0. The Morgan fingerprint density at radius 1 is 1.17 bits per heavy atom. The lowest BCUT2D eigenvalue weighted by molar-refractivity contribution is -0.129. The number of amides is 1. The van der Waals surface area contributed by atoms with Crippen molar-refractivity contribution in [1.82, 2.24) is 19.8 Å². The Balaban J connectivity index is 1.47. The van der Waals surface area contributed by atoms with Gasteiger partial charge in [-0.25, -0.2) is 0 Å². The van der Waals surface area contributed by atoms with Crippen molar-refractivity contribution in [1.29, 1.82) is 0 Å². The van der Waals surface area contributed by atoms with Crippen molar-refractivity contribution in [2.45, 2.75) is 44.9 Å². The predicted molar refractivity (Wildman–Crippen MR) is 91.0 cm³/mol. The molecule has 0 unspecified atom stereocenters. The molecule has 0 aromatic carbocycles. The molecule has 2 saturated heterocycles. The molecular weight excluding hydrogens is 300 g/mol. The molecule has 5 nitrogen and oxygen atoms in total.